The zero-order chi connectivity index (χ0) is 16.5. The summed E-state index contributed by atoms with van der Waals surface area (Å²) >= 11 is 7.61. The minimum Gasteiger partial charge on any atom is -0.336 e. The van der Waals surface area contributed by atoms with Crippen LogP contribution < -0.4 is 0 Å². The number of fused-ring (bicyclic) bond motifs is 1. The van der Waals surface area contributed by atoms with Gasteiger partial charge in [-0.2, -0.15) is 5.10 Å². The van der Waals surface area contributed by atoms with Crippen LogP contribution in [-0.2, 0) is 6.54 Å². The van der Waals surface area contributed by atoms with E-state index >= 15 is 0 Å². The van der Waals surface area contributed by atoms with Crippen LogP contribution in [0, 0.1) is 0 Å². The summed E-state index contributed by atoms with van der Waals surface area (Å²) < 4.78 is 0.825. The van der Waals surface area contributed by atoms with E-state index in [0.29, 0.717) is 5.56 Å². The van der Waals surface area contributed by atoms with Gasteiger partial charge in [-0.1, -0.05) is 23.7 Å². The summed E-state index contributed by atoms with van der Waals surface area (Å²) in [6.07, 6.45) is 1.75. The lowest BCUT2D eigenvalue weighted by Crippen LogP contribution is -2.48. The zero-order valence-corrected chi connectivity index (χ0v) is 14.6. The Kier molecular flexibility index (Phi) is 4.26. The van der Waals surface area contributed by atoms with Crippen LogP contribution in [0.25, 0.3) is 10.9 Å². The number of carbonyl (C=O) groups is 1. The number of carbonyl (C=O) groups excluding carboxylic acids is 1. The quantitative estimate of drug-likeness (QED) is 0.780. The Morgan fingerprint density at radius 2 is 2.04 bits per heavy atom. The summed E-state index contributed by atoms with van der Waals surface area (Å²) in [4.78, 5) is 18.4. The second-order valence-corrected chi connectivity index (χ2v) is 7.71. The fourth-order valence-electron chi connectivity index (χ4n) is 3.08. The summed E-state index contributed by atoms with van der Waals surface area (Å²) in [5.41, 5.74) is 1.52. The van der Waals surface area contributed by atoms with E-state index in [4.69, 9.17) is 11.6 Å². The Balaban J connectivity index is 1.42. The van der Waals surface area contributed by atoms with Crippen LogP contribution >= 0.6 is 22.9 Å². The normalized spacial score (nSPS) is 16.0. The van der Waals surface area contributed by atoms with Crippen LogP contribution in [0.4, 0.5) is 0 Å². The molecule has 0 saturated carbocycles. The average molecular weight is 361 g/mol. The number of halogens is 1. The van der Waals surface area contributed by atoms with Gasteiger partial charge in [0, 0.05) is 43.0 Å². The third-order valence-electron chi connectivity index (χ3n) is 4.37. The van der Waals surface area contributed by atoms with Gasteiger partial charge in [0.15, 0.2) is 0 Å². The molecule has 1 saturated heterocycles. The zero-order valence-electron chi connectivity index (χ0n) is 13.0. The maximum Gasteiger partial charge on any atom is 0.256 e. The van der Waals surface area contributed by atoms with E-state index in [0.717, 1.165) is 48.0 Å². The third-order valence-corrected chi connectivity index (χ3v) is 5.59. The molecule has 0 bridgehead atoms. The number of H-pyrrole nitrogens is 1. The van der Waals surface area contributed by atoms with Crippen LogP contribution in [0.2, 0.25) is 4.34 Å². The molecule has 7 heteroatoms. The van der Waals surface area contributed by atoms with Crippen molar-refractivity contribution in [3.8, 4) is 0 Å². The molecule has 0 atom stereocenters. The third kappa shape index (κ3) is 3.05. The molecule has 1 aliphatic heterocycles. The molecule has 1 amide bonds. The molecular weight excluding hydrogens is 344 g/mol. The van der Waals surface area contributed by atoms with Gasteiger partial charge in [0.25, 0.3) is 5.91 Å². The first-order valence-corrected chi connectivity index (χ1v) is 9.08. The van der Waals surface area contributed by atoms with Gasteiger partial charge >= 0.3 is 0 Å². The number of hydrogen-bond donors (Lipinski definition) is 1. The maximum absolute atomic E-state index is 12.8. The lowest BCUT2D eigenvalue weighted by molar-refractivity contribution is 0.0631. The molecule has 1 aliphatic rings. The van der Waals surface area contributed by atoms with Crippen molar-refractivity contribution >= 4 is 39.7 Å². The number of aromatic nitrogens is 2. The summed E-state index contributed by atoms with van der Waals surface area (Å²) in [5.74, 6) is 0.0728. The van der Waals surface area contributed by atoms with Crippen LogP contribution in [0.3, 0.4) is 0 Å². The summed E-state index contributed by atoms with van der Waals surface area (Å²) in [6.45, 7) is 4.13. The van der Waals surface area contributed by atoms with E-state index in [-0.39, 0.29) is 5.91 Å². The molecule has 0 spiro atoms. The van der Waals surface area contributed by atoms with Gasteiger partial charge in [-0.3, -0.25) is 14.8 Å². The second-order valence-electron chi connectivity index (χ2n) is 5.91. The molecule has 3 aromatic rings. The van der Waals surface area contributed by atoms with Crippen LogP contribution in [0.15, 0.2) is 36.5 Å². The Morgan fingerprint density at radius 3 is 2.79 bits per heavy atom. The van der Waals surface area contributed by atoms with E-state index in [1.807, 2.05) is 29.2 Å². The van der Waals surface area contributed by atoms with Gasteiger partial charge in [0.1, 0.15) is 0 Å². The number of nitrogens with zero attached hydrogens (tertiary/aromatic N) is 3. The van der Waals surface area contributed by atoms with E-state index in [9.17, 15) is 4.79 Å². The average Bonchev–Trinajstić information content (AvgIpc) is 3.23. The molecule has 1 fully saturated rings. The number of amides is 1. The van der Waals surface area contributed by atoms with Crippen molar-refractivity contribution in [1.29, 1.82) is 0 Å². The summed E-state index contributed by atoms with van der Waals surface area (Å²) in [7, 11) is 0. The smallest absolute Gasteiger partial charge is 0.256 e. The minimum absolute atomic E-state index is 0.0728. The highest BCUT2D eigenvalue weighted by atomic mass is 35.5. The Morgan fingerprint density at radius 1 is 1.21 bits per heavy atom. The molecule has 0 radical (unpaired) electrons. The molecule has 4 rings (SSSR count). The molecule has 3 heterocycles. The van der Waals surface area contributed by atoms with E-state index in [1.165, 1.54) is 4.88 Å². The highest BCUT2D eigenvalue weighted by Gasteiger charge is 2.24. The lowest BCUT2D eigenvalue weighted by atomic mass is 10.1. The number of rotatable bonds is 3. The molecule has 5 nitrogen and oxygen atoms in total. The number of nitrogens with one attached hydrogen (secondary N) is 1. The van der Waals surface area contributed by atoms with Crippen LogP contribution in [0.5, 0.6) is 0 Å². The SMILES string of the molecule is O=C(c1cccc2cn[nH]c12)N1CCN(Cc2ccc(Cl)s2)CC1. The molecule has 24 heavy (non-hydrogen) atoms. The largest absolute Gasteiger partial charge is 0.336 e. The van der Waals surface area contributed by atoms with E-state index in [1.54, 1.807) is 17.5 Å². The Labute approximate surface area is 148 Å². The van der Waals surface area contributed by atoms with Crippen molar-refractivity contribution in [1.82, 2.24) is 20.0 Å². The predicted molar refractivity (Wildman–Crippen MR) is 96.6 cm³/mol. The lowest BCUT2D eigenvalue weighted by Gasteiger charge is -2.34. The molecule has 2 aromatic heterocycles. The number of aromatic amines is 1. The Bertz CT molecular complexity index is 866. The first-order chi connectivity index (χ1) is 11.7. The van der Waals surface area contributed by atoms with Crippen molar-refractivity contribution in [3.05, 3.63) is 51.3 Å². The number of hydrogen-bond acceptors (Lipinski definition) is 4. The second kappa shape index (κ2) is 6.55. The fourth-order valence-corrected chi connectivity index (χ4v) is 4.21. The van der Waals surface area contributed by atoms with Crippen molar-refractivity contribution in [3.63, 3.8) is 0 Å². The molecule has 0 unspecified atom stereocenters. The number of piperazine rings is 1. The van der Waals surface area contributed by atoms with Gasteiger partial charge < -0.3 is 4.90 Å². The van der Waals surface area contributed by atoms with Gasteiger partial charge in [0.05, 0.1) is 21.6 Å². The van der Waals surface area contributed by atoms with Crippen molar-refractivity contribution in [2.75, 3.05) is 26.2 Å². The highest BCUT2D eigenvalue weighted by molar-refractivity contribution is 7.16. The first kappa shape index (κ1) is 15.6. The standard InChI is InChI=1S/C17H17ClN4OS/c18-15-5-4-13(24-15)11-21-6-8-22(9-7-21)17(23)14-3-1-2-12-10-19-20-16(12)14/h1-5,10H,6-9,11H2,(H,19,20). The van der Waals surface area contributed by atoms with Crippen LogP contribution in [0.1, 0.15) is 15.2 Å². The van der Waals surface area contributed by atoms with Crippen molar-refractivity contribution < 1.29 is 4.79 Å². The van der Waals surface area contributed by atoms with E-state index in [2.05, 4.69) is 21.2 Å². The number of para-hydroxylation sites is 1. The first-order valence-electron chi connectivity index (χ1n) is 7.88. The van der Waals surface area contributed by atoms with Crippen molar-refractivity contribution in [2.45, 2.75) is 6.54 Å². The number of thiophene rings is 1. The monoisotopic (exact) mass is 360 g/mol. The van der Waals surface area contributed by atoms with Gasteiger partial charge in [-0.15, -0.1) is 11.3 Å². The summed E-state index contributed by atoms with van der Waals surface area (Å²) in [6, 6.07) is 9.74. The van der Waals surface area contributed by atoms with Gasteiger partial charge in [-0.05, 0) is 18.2 Å². The molecule has 1 aromatic carbocycles. The predicted octanol–water partition coefficient (Wildman–Crippen LogP) is 3.24. The molecule has 124 valence electrons. The highest BCUT2D eigenvalue weighted by Crippen LogP contribution is 2.23. The summed E-state index contributed by atoms with van der Waals surface area (Å²) in [5, 5.41) is 7.94. The van der Waals surface area contributed by atoms with E-state index < -0.39 is 0 Å². The van der Waals surface area contributed by atoms with Gasteiger partial charge in [-0.25, -0.2) is 0 Å². The maximum atomic E-state index is 12.8. The number of benzene rings is 1. The van der Waals surface area contributed by atoms with Crippen molar-refractivity contribution in [2.24, 2.45) is 0 Å². The topological polar surface area (TPSA) is 52.2 Å². The fraction of sp³-hybridized carbons (Fsp3) is 0.294. The molecular formula is C17H17ClN4OS. The Hall–Kier alpha value is -1.89. The molecule has 1 N–H and O–H groups in total. The minimum atomic E-state index is 0.0728. The van der Waals surface area contributed by atoms with Crippen LogP contribution in [-0.4, -0.2) is 52.1 Å². The molecule has 0 aliphatic carbocycles. The van der Waals surface area contributed by atoms with Gasteiger partial charge in [0.2, 0.25) is 0 Å².